The van der Waals surface area contributed by atoms with Crippen molar-refractivity contribution in [3.05, 3.63) is 53.6 Å². The normalized spacial score (nSPS) is 11.3. The monoisotopic (exact) mass is 520 g/mol. The van der Waals surface area contributed by atoms with Gasteiger partial charge in [-0.05, 0) is 41.8 Å². The third-order valence-electron chi connectivity index (χ3n) is 3.41. The largest absolute Gasteiger partial charge is 1.00 e. The van der Waals surface area contributed by atoms with Gasteiger partial charge >= 0.3 is 103 Å². The molecule has 0 aromatic heterocycles. The molecule has 0 atom stereocenters. The summed E-state index contributed by atoms with van der Waals surface area (Å²) in [6, 6.07) is 9.92. The maximum Gasteiger partial charge on any atom is 1.00 e. The van der Waals surface area contributed by atoms with Crippen LogP contribution < -0.4 is 116 Å². The van der Waals surface area contributed by atoms with Gasteiger partial charge in [0.2, 0.25) is 0 Å². The molecule has 2 rings (SSSR count). The minimum atomic E-state index is -4.94. The summed E-state index contributed by atoms with van der Waals surface area (Å²) in [4.78, 5) is 0. The number of ether oxygens (including phenoxy) is 1. The van der Waals surface area contributed by atoms with Gasteiger partial charge in [-0.15, -0.1) is 0 Å². The van der Waals surface area contributed by atoms with E-state index in [0.717, 1.165) is 12.8 Å². The maximum absolute atomic E-state index is 10.9. The van der Waals surface area contributed by atoms with Crippen LogP contribution in [0.25, 0.3) is 12.2 Å². The Hall–Kier alpha value is 0.673. The zero-order valence-corrected chi connectivity index (χ0v) is 25.2. The Bertz CT molecular complexity index is 1070. The predicted octanol–water partition coefficient (Wildman–Crippen LogP) is -3.28. The maximum atomic E-state index is 10.9. The van der Waals surface area contributed by atoms with Crippen molar-refractivity contribution in [2.24, 2.45) is 0 Å². The van der Waals surface area contributed by atoms with Crippen molar-refractivity contribution in [3.8, 4) is 17.2 Å². The zero-order chi connectivity index (χ0) is 21.5. The van der Waals surface area contributed by atoms with Crippen LogP contribution in [0, 0.1) is 0 Å². The van der Waals surface area contributed by atoms with E-state index in [1.54, 1.807) is 18.2 Å². The molecule has 2 aromatic carbocycles. The van der Waals surface area contributed by atoms with Crippen LogP contribution in [0.4, 0.5) is 0 Å². The summed E-state index contributed by atoms with van der Waals surface area (Å²) < 4.78 is 78.5. The molecule has 0 heterocycles. The van der Waals surface area contributed by atoms with Gasteiger partial charge < -0.3 is 22.2 Å². The molecule has 31 heavy (non-hydrogen) atoms. The molecule has 0 amide bonds. The van der Waals surface area contributed by atoms with E-state index in [0.29, 0.717) is 23.5 Å². The third kappa shape index (κ3) is 13.8. The average molecular weight is 521 g/mol. The Morgan fingerprint density at radius 2 is 1.29 bits per heavy atom. The van der Waals surface area contributed by atoms with Gasteiger partial charge in [0.1, 0.15) is 17.2 Å². The number of rotatable bonds is 10. The molecule has 0 fully saturated rings. The van der Waals surface area contributed by atoms with Crippen LogP contribution >= 0.6 is 0 Å². The molecule has 0 aliphatic rings. The van der Waals surface area contributed by atoms with Crippen LogP contribution in [0.15, 0.2) is 42.5 Å². The molecule has 0 aliphatic carbocycles. The fourth-order valence-electron chi connectivity index (χ4n) is 2.22. The molecule has 0 unspecified atom stereocenters. The van der Waals surface area contributed by atoms with Crippen molar-refractivity contribution in [1.82, 2.24) is 0 Å². The molecule has 0 N–H and O–H groups in total. The minimum absolute atomic E-state index is 0. The third-order valence-corrected chi connectivity index (χ3v) is 4.21. The minimum Gasteiger partial charge on any atom is -0.716 e. The molecule has 2 aromatic rings. The van der Waals surface area contributed by atoms with E-state index in [2.05, 4.69) is 8.37 Å². The van der Waals surface area contributed by atoms with Crippen LogP contribution in [-0.2, 0) is 20.8 Å². The van der Waals surface area contributed by atoms with E-state index in [1.807, 2.05) is 6.92 Å². The summed E-state index contributed by atoms with van der Waals surface area (Å²) in [6.07, 6.45) is 4.95. The average Bonchev–Trinajstić information content (AvgIpc) is 2.58. The van der Waals surface area contributed by atoms with Crippen molar-refractivity contribution in [3.63, 3.8) is 0 Å². The Kier molecular flexibility index (Phi) is 15.2. The smallest absolute Gasteiger partial charge is 0.716 e. The van der Waals surface area contributed by atoms with Crippen LogP contribution in [0.1, 0.15) is 30.9 Å². The van der Waals surface area contributed by atoms with E-state index in [4.69, 9.17) is 4.74 Å². The summed E-state index contributed by atoms with van der Waals surface area (Å²) in [6.45, 7) is 2.40. The Labute approximate surface area is 267 Å². The second-order valence-corrected chi connectivity index (χ2v) is 7.79. The Morgan fingerprint density at radius 3 is 1.84 bits per heavy atom. The first-order chi connectivity index (χ1) is 13.5. The van der Waals surface area contributed by atoms with Crippen LogP contribution in [-0.4, -0.2) is 32.5 Å². The molecule has 0 aliphatic heterocycles. The van der Waals surface area contributed by atoms with Gasteiger partial charge in [-0.3, -0.25) is 0 Å². The second kappa shape index (κ2) is 14.8. The Balaban J connectivity index is 0.00000450. The summed E-state index contributed by atoms with van der Waals surface area (Å²) in [7, 11) is -9.79. The first-order valence-corrected chi connectivity index (χ1v) is 11.1. The van der Waals surface area contributed by atoms with Crippen molar-refractivity contribution in [1.29, 1.82) is 0 Å². The zero-order valence-electron chi connectivity index (χ0n) is 17.3. The molecular weight excluding hydrogens is 503 g/mol. The molecule has 0 radical (unpaired) electrons. The fourth-order valence-corrected chi connectivity index (χ4v) is 2.90. The first kappa shape index (κ1) is 31.7. The van der Waals surface area contributed by atoms with Crippen LogP contribution in [0.2, 0.25) is 0 Å². The quantitative estimate of drug-likeness (QED) is 0.104. The van der Waals surface area contributed by atoms with Gasteiger partial charge in [0.25, 0.3) is 20.8 Å². The SMILES string of the molecule is CCCCOc1cc(/C=C/c2ccc(OS(=O)(=O)[O-])cc2)cc(OS(=O)(=O)[O-])c1.[K+].[K+]. The van der Waals surface area contributed by atoms with Gasteiger partial charge in [-0.1, -0.05) is 37.6 Å². The summed E-state index contributed by atoms with van der Waals surface area (Å²) in [5, 5.41) is 0. The second-order valence-electron chi connectivity index (χ2n) is 5.83. The van der Waals surface area contributed by atoms with E-state index in [1.165, 1.54) is 36.4 Å². The van der Waals surface area contributed by atoms with Crippen LogP contribution in [0.5, 0.6) is 17.2 Å². The van der Waals surface area contributed by atoms with Gasteiger partial charge in [0, 0.05) is 6.07 Å². The van der Waals surface area contributed by atoms with E-state index < -0.39 is 20.8 Å². The molecule has 0 saturated carbocycles. The molecule has 0 bridgehead atoms. The van der Waals surface area contributed by atoms with Crippen molar-refractivity contribution >= 4 is 33.0 Å². The molecule has 9 nitrogen and oxygen atoms in total. The standard InChI is InChI=1S/C18H20O9S2.2K/c1-2-3-10-25-17-11-15(12-18(13-17)27-29(22,23)24)5-4-14-6-8-16(9-7-14)26-28(19,20)21;;/h4-9,11-13H,2-3,10H2,1H3,(H,19,20,21)(H,22,23,24);;/q;2*+1/p-2/b5-4+;;. The van der Waals surface area contributed by atoms with E-state index >= 15 is 0 Å². The van der Waals surface area contributed by atoms with Crippen molar-refractivity contribution in [2.45, 2.75) is 19.8 Å². The van der Waals surface area contributed by atoms with E-state index in [9.17, 15) is 25.9 Å². The molecule has 0 saturated heterocycles. The fraction of sp³-hybridized carbons (Fsp3) is 0.222. The van der Waals surface area contributed by atoms with Crippen molar-refractivity contribution < 1.29 is 142 Å². The number of benzene rings is 2. The summed E-state index contributed by atoms with van der Waals surface area (Å²) in [5.41, 5.74) is 1.14. The van der Waals surface area contributed by atoms with Gasteiger partial charge in [0.15, 0.2) is 0 Å². The number of hydrogen-bond donors (Lipinski definition) is 0. The molecular formula is C18H18K2O9S2. The van der Waals surface area contributed by atoms with Crippen molar-refractivity contribution in [2.75, 3.05) is 6.61 Å². The Morgan fingerprint density at radius 1 is 0.774 bits per heavy atom. The summed E-state index contributed by atoms with van der Waals surface area (Å²) in [5.74, 6) is 0.0292. The first-order valence-electron chi connectivity index (χ1n) is 8.41. The number of unbranched alkanes of at least 4 members (excludes halogenated alkanes) is 1. The number of hydrogen-bond acceptors (Lipinski definition) is 9. The van der Waals surface area contributed by atoms with E-state index in [-0.39, 0.29) is 114 Å². The van der Waals surface area contributed by atoms with Gasteiger partial charge in [-0.2, -0.15) is 0 Å². The molecule has 13 heteroatoms. The van der Waals surface area contributed by atoms with Crippen LogP contribution in [0.3, 0.4) is 0 Å². The molecule has 0 spiro atoms. The predicted molar refractivity (Wildman–Crippen MR) is 103 cm³/mol. The van der Waals surface area contributed by atoms with Gasteiger partial charge in [-0.25, -0.2) is 16.8 Å². The molecule has 158 valence electrons. The van der Waals surface area contributed by atoms with Gasteiger partial charge in [0.05, 0.1) is 6.61 Å². The summed E-state index contributed by atoms with van der Waals surface area (Å²) >= 11 is 0. The topological polar surface area (TPSA) is 142 Å².